The summed E-state index contributed by atoms with van der Waals surface area (Å²) >= 11 is 0. The van der Waals surface area contributed by atoms with Crippen molar-refractivity contribution >= 4 is 22.8 Å². The number of aryl methyl sites for hydroxylation is 1. The molecule has 0 unspecified atom stereocenters. The molecule has 0 saturated carbocycles. The number of carbonyl (C=O) groups is 2. The Morgan fingerprint density at radius 2 is 1.92 bits per heavy atom. The van der Waals surface area contributed by atoms with Crippen LogP contribution in [0.1, 0.15) is 38.9 Å². The molecule has 130 valence electrons. The van der Waals surface area contributed by atoms with Crippen LogP contribution in [0, 0.1) is 0 Å². The summed E-state index contributed by atoms with van der Waals surface area (Å²) in [5, 5.41) is 5.74. The van der Waals surface area contributed by atoms with Gasteiger partial charge in [-0.15, -0.1) is 0 Å². The quantitative estimate of drug-likeness (QED) is 0.691. The van der Waals surface area contributed by atoms with Gasteiger partial charge < -0.3 is 15.2 Å². The van der Waals surface area contributed by atoms with Crippen LogP contribution in [0.2, 0.25) is 0 Å². The van der Waals surface area contributed by atoms with E-state index in [1.54, 1.807) is 0 Å². The average Bonchev–Trinajstić information content (AvgIpc) is 2.90. The molecular weight excluding hydrogens is 304 g/mol. The fourth-order valence-electron chi connectivity index (χ4n) is 2.68. The summed E-state index contributed by atoms with van der Waals surface area (Å²) in [6, 6.07) is 7.83. The average molecular weight is 330 g/mol. The molecule has 0 fully saturated rings. The number of amides is 2. The maximum atomic E-state index is 12.0. The molecule has 2 rings (SSSR count). The second-order valence-electron chi connectivity index (χ2n) is 5.76. The second kappa shape index (κ2) is 9.05. The van der Waals surface area contributed by atoms with Crippen LogP contribution in [0.25, 0.3) is 11.0 Å². The van der Waals surface area contributed by atoms with E-state index >= 15 is 0 Å². The zero-order valence-electron chi connectivity index (χ0n) is 14.5. The van der Waals surface area contributed by atoms with E-state index in [1.165, 1.54) is 0 Å². The summed E-state index contributed by atoms with van der Waals surface area (Å²) in [6.07, 6.45) is 2.94. The molecule has 2 N–H and O–H groups in total. The van der Waals surface area contributed by atoms with Crippen molar-refractivity contribution in [3.8, 4) is 0 Å². The monoisotopic (exact) mass is 330 g/mol. The summed E-state index contributed by atoms with van der Waals surface area (Å²) in [5.74, 6) is 0.957. The first kappa shape index (κ1) is 18.0. The van der Waals surface area contributed by atoms with Gasteiger partial charge >= 0.3 is 0 Å². The lowest BCUT2D eigenvalue weighted by Gasteiger charge is -2.09. The van der Waals surface area contributed by atoms with Crippen molar-refractivity contribution in [3.05, 3.63) is 30.1 Å². The van der Waals surface area contributed by atoms with Crippen LogP contribution >= 0.6 is 0 Å². The third kappa shape index (κ3) is 4.81. The minimum absolute atomic E-state index is 0.0156. The molecule has 0 saturated heterocycles. The lowest BCUT2D eigenvalue weighted by molar-refractivity contribution is -0.122. The van der Waals surface area contributed by atoms with E-state index in [0.717, 1.165) is 36.1 Å². The summed E-state index contributed by atoms with van der Waals surface area (Å²) in [4.78, 5) is 28.1. The molecule has 6 nitrogen and oxygen atoms in total. The highest BCUT2D eigenvalue weighted by molar-refractivity contribution is 5.81. The first-order chi connectivity index (χ1) is 11.7. The second-order valence-corrected chi connectivity index (χ2v) is 5.76. The topological polar surface area (TPSA) is 76.0 Å². The molecule has 0 radical (unpaired) electrons. The molecule has 0 aliphatic carbocycles. The Morgan fingerprint density at radius 3 is 2.67 bits per heavy atom. The maximum absolute atomic E-state index is 12.0. The van der Waals surface area contributed by atoms with Crippen molar-refractivity contribution in [2.45, 2.75) is 46.1 Å². The van der Waals surface area contributed by atoms with E-state index in [0.29, 0.717) is 19.5 Å². The molecule has 0 aliphatic rings. The number of hydrogen-bond donors (Lipinski definition) is 2. The number of nitrogens with one attached hydrogen (secondary N) is 2. The van der Waals surface area contributed by atoms with Crippen LogP contribution in [0.5, 0.6) is 0 Å². The standard InChI is InChI=1S/C18H26N4O2/c1-3-8-17(23)20-12-7-11-16-21-14-9-5-6-10-15(14)22(16)13-18(24)19-4-2/h5-6,9-10H,3-4,7-8,11-13H2,1-2H3,(H,19,24)(H,20,23). The Labute approximate surface area is 142 Å². The van der Waals surface area contributed by atoms with Gasteiger partial charge in [0.2, 0.25) is 11.8 Å². The van der Waals surface area contributed by atoms with Crippen LogP contribution in [0.4, 0.5) is 0 Å². The van der Waals surface area contributed by atoms with Gasteiger partial charge in [-0.05, 0) is 31.9 Å². The third-order valence-corrected chi connectivity index (χ3v) is 3.79. The van der Waals surface area contributed by atoms with Gasteiger partial charge in [-0.1, -0.05) is 19.1 Å². The molecule has 0 spiro atoms. The minimum atomic E-state index is -0.0156. The Morgan fingerprint density at radius 1 is 1.12 bits per heavy atom. The molecule has 1 aromatic heterocycles. The highest BCUT2D eigenvalue weighted by Crippen LogP contribution is 2.17. The molecular formula is C18H26N4O2. The molecule has 0 atom stereocenters. The predicted octanol–water partition coefficient (Wildman–Crippen LogP) is 2.02. The van der Waals surface area contributed by atoms with Crippen molar-refractivity contribution < 1.29 is 9.59 Å². The van der Waals surface area contributed by atoms with Gasteiger partial charge in [0.05, 0.1) is 11.0 Å². The van der Waals surface area contributed by atoms with Crippen LogP contribution in [-0.2, 0) is 22.6 Å². The highest BCUT2D eigenvalue weighted by Gasteiger charge is 2.13. The first-order valence-corrected chi connectivity index (χ1v) is 8.63. The number of aromatic nitrogens is 2. The molecule has 2 aromatic rings. The normalized spacial score (nSPS) is 10.8. The van der Waals surface area contributed by atoms with Gasteiger partial charge in [-0.2, -0.15) is 0 Å². The molecule has 24 heavy (non-hydrogen) atoms. The lowest BCUT2D eigenvalue weighted by atomic mass is 10.2. The minimum Gasteiger partial charge on any atom is -0.356 e. The summed E-state index contributed by atoms with van der Waals surface area (Å²) < 4.78 is 1.97. The van der Waals surface area contributed by atoms with Crippen LogP contribution in [0.3, 0.4) is 0 Å². The van der Waals surface area contributed by atoms with Crippen molar-refractivity contribution in [1.29, 1.82) is 0 Å². The molecule has 1 aromatic carbocycles. The number of nitrogens with zero attached hydrogens (tertiary/aromatic N) is 2. The van der Waals surface area contributed by atoms with Crippen molar-refractivity contribution in [2.24, 2.45) is 0 Å². The van der Waals surface area contributed by atoms with Gasteiger partial charge in [-0.25, -0.2) is 4.98 Å². The summed E-state index contributed by atoms with van der Waals surface area (Å²) in [6.45, 7) is 5.41. The fraction of sp³-hybridized carbons (Fsp3) is 0.500. The predicted molar refractivity (Wildman–Crippen MR) is 94.7 cm³/mol. The van der Waals surface area contributed by atoms with E-state index in [1.807, 2.05) is 42.7 Å². The molecule has 6 heteroatoms. The number of imidazole rings is 1. The molecule has 0 aliphatic heterocycles. The zero-order chi connectivity index (χ0) is 17.4. The van der Waals surface area contributed by atoms with E-state index in [9.17, 15) is 9.59 Å². The van der Waals surface area contributed by atoms with Gasteiger partial charge in [-0.3, -0.25) is 9.59 Å². The van der Waals surface area contributed by atoms with E-state index in [4.69, 9.17) is 0 Å². The van der Waals surface area contributed by atoms with Crippen molar-refractivity contribution in [3.63, 3.8) is 0 Å². The van der Waals surface area contributed by atoms with Crippen LogP contribution in [-0.4, -0.2) is 34.5 Å². The smallest absolute Gasteiger partial charge is 0.239 e. The number of hydrogen-bond acceptors (Lipinski definition) is 3. The molecule has 1 heterocycles. The number of likely N-dealkylation sites (N-methyl/N-ethyl adjacent to an activating group) is 1. The largest absolute Gasteiger partial charge is 0.356 e. The Hall–Kier alpha value is -2.37. The van der Waals surface area contributed by atoms with Crippen LogP contribution < -0.4 is 10.6 Å². The van der Waals surface area contributed by atoms with Gasteiger partial charge in [0.25, 0.3) is 0 Å². The molecule has 0 bridgehead atoms. The third-order valence-electron chi connectivity index (χ3n) is 3.79. The van der Waals surface area contributed by atoms with E-state index in [-0.39, 0.29) is 18.4 Å². The Kier molecular flexibility index (Phi) is 6.78. The SMILES string of the molecule is CCCC(=O)NCCCc1nc2ccccc2n1CC(=O)NCC. The summed E-state index contributed by atoms with van der Waals surface area (Å²) in [5.41, 5.74) is 1.86. The number of para-hydroxylation sites is 2. The fourth-order valence-corrected chi connectivity index (χ4v) is 2.68. The first-order valence-electron chi connectivity index (χ1n) is 8.63. The van der Waals surface area contributed by atoms with E-state index in [2.05, 4.69) is 15.6 Å². The van der Waals surface area contributed by atoms with E-state index < -0.39 is 0 Å². The van der Waals surface area contributed by atoms with Crippen molar-refractivity contribution in [2.75, 3.05) is 13.1 Å². The zero-order valence-corrected chi connectivity index (χ0v) is 14.5. The number of carbonyl (C=O) groups excluding carboxylic acids is 2. The van der Waals surface area contributed by atoms with Crippen LogP contribution in [0.15, 0.2) is 24.3 Å². The van der Waals surface area contributed by atoms with Gasteiger partial charge in [0, 0.05) is 25.9 Å². The Bertz CT molecular complexity index is 693. The lowest BCUT2D eigenvalue weighted by Crippen LogP contribution is -2.28. The molecule has 2 amide bonds. The summed E-state index contributed by atoms with van der Waals surface area (Å²) in [7, 11) is 0. The Balaban J connectivity index is 2.05. The maximum Gasteiger partial charge on any atom is 0.239 e. The van der Waals surface area contributed by atoms with Crippen molar-refractivity contribution in [1.82, 2.24) is 20.2 Å². The van der Waals surface area contributed by atoms with Gasteiger partial charge in [0.15, 0.2) is 0 Å². The highest BCUT2D eigenvalue weighted by atomic mass is 16.2. The van der Waals surface area contributed by atoms with Gasteiger partial charge in [0.1, 0.15) is 12.4 Å². The number of benzene rings is 1. The number of rotatable bonds is 9. The number of fused-ring (bicyclic) bond motifs is 1.